The number of hydrogen-bond donors (Lipinski definition) is 2. The summed E-state index contributed by atoms with van der Waals surface area (Å²) in [4.78, 5) is 26.6. The summed E-state index contributed by atoms with van der Waals surface area (Å²) < 4.78 is 5.47. The van der Waals surface area contributed by atoms with Crippen LogP contribution >= 0.6 is 0 Å². The summed E-state index contributed by atoms with van der Waals surface area (Å²) >= 11 is 0. The molecule has 6 nitrogen and oxygen atoms in total. The van der Waals surface area contributed by atoms with Crippen LogP contribution in [-0.2, 0) is 4.79 Å². The third-order valence-corrected chi connectivity index (χ3v) is 4.92. The molecule has 28 heavy (non-hydrogen) atoms. The Morgan fingerprint density at radius 2 is 1.89 bits per heavy atom. The number of benzene rings is 2. The second kappa shape index (κ2) is 8.89. The van der Waals surface area contributed by atoms with Crippen molar-refractivity contribution in [3.05, 3.63) is 59.7 Å². The maximum absolute atomic E-state index is 12.7. The molecule has 0 saturated heterocycles. The highest BCUT2D eigenvalue weighted by Crippen LogP contribution is 2.30. The highest BCUT2D eigenvalue weighted by molar-refractivity contribution is 5.98. The van der Waals surface area contributed by atoms with Gasteiger partial charge in [-0.25, -0.2) is 0 Å². The number of likely N-dealkylation sites (N-methyl/N-ethyl adjacent to an activating group) is 1. The Hall–Kier alpha value is -2.86. The van der Waals surface area contributed by atoms with E-state index in [0.717, 1.165) is 24.2 Å². The van der Waals surface area contributed by atoms with E-state index in [9.17, 15) is 9.59 Å². The third-order valence-electron chi connectivity index (χ3n) is 4.92. The predicted molar refractivity (Wildman–Crippen MR) is 110 cm³/mol. The van der Waals surface area contributed by atoms with E-state index >= 15 is 0 Å². The number of ether oxygens (including phenoxy) is 1. The van der Waals surface area contributed by atoms with Gasteiger partial charge in [0.2, 0.25) is 5.91 Å². The Morgan fingerprint density at radius 1 is 1.14 bits per heavy atom. The Labute approximate surface area is 165 Å². The normalized spacial score (nSPS) is 14.4. The van der Waals surface area contributed by atoms with Gasteiger partial charge >= 0.3 is 0 Å². The van der Waals surface area contributed by atoms with Gasteiger partial charge in [0.15, 0.2) is 0 Å². The van der Waals surface area contributed by atoms with Gasteiger partial charge in [0.1, 0.15) is 5.75 Å². The van der Waals surface area contributed by atoms with Gasteiger partial charge < -0.3 is 20.3 Å². The standard InChI is InChI=1S/C22H27N3O3/c1-25(2)19(18-9-4-5-10-20(18)28-3)14-23-21(26)16-7-6-8-17(13-16)24-22(27)15-11-12-15/h4-10,13,15,19H,11-12,14H2,1-3H3,(H,23,26)(H,24,27). The van der Waals surface area contributed by atoms with Crippen LogP contribution in [0.3, 0.4) is 0 Å². The number of carbonyl (C=O) groups excluding carboxylic acids is 2. The molecule has 0 aromatic heterocycles. The van der Waals surface area contributed by atoms with Gasteiger partial charge in [-0.2, -0.15) is 0 Å². The van der Waals surface area contributed by atoms with Crippen LogP contribution in [0.25, 0.3) is 0 Å². The van der Waals surface area contributed by atoms with Crippen molar-refractivity contribution in [1.29, 1.82) is 0 Å². The van der Waals surface area contributed by atoms with E-state index in [1.165, 1.54) is 0 Å². The second-order valence-electron chi connectivity index (χ2n) is 7.28. The van der Waals surface area contributed by atoms with E-state index in [1.807, 2.05) is 43.3 Å². The van der Waals surface area contributed by atoms with Crippen LogP contribution in [0, 0.1) is 5.92 Å². The molecule has 1 aliphatic carbocycles. The summed E-state index contributed by atoms with van der Waals surface area (Å²) in [7, 11) is 5.58. The maximum atomic E-state index is 12.7. The topological polar surface area (TPSA) is 70.7 Å². The van der Waals surface area contributed by atoms with Crippen molar-refractivity contribution in [2.24, 2.45) is 5.92 Å². The van der Waals surface area contributed by atoms with Gasteiger partial charge in [-0.3, -0.25) is 9.59 Å². The number of nitrogens with one attached hydrogen (secondary N) is 2. The van der Waals surface area contributed by atoms with Gasteiger partial charge in [0.05, 0.1) is 13.2 Å². The average molecular weight is 381 g/mol. The fourth-order valence-electron chi connectivity index (χ4n) is 3.13. The summed E-state index contributed by atoms with van der Waals surface area (Å²) in [5.41, 5.74) is 2.19. The molecule has 0 radical (unpaired) electrons. The fourth-order valence-corrected chi connectivity index (χ4v) is 3.13. The molecule has 1 unspecified atom stereocenters. The van der Waals surface area contributed by atoms with Gasteiger partial charge in [-0.05, 0) is 51.2 Å². The minimum Gasteiger partial charge on any atom is -0.496 e. The molecule has 0 heterocycles. The zero-order valence-corrected chi connectivity index (χ0v) is 16.6. The van der Waals surface area contributed by atoms with Crippen LogP contribution < -0.4 is 15.4 Å². The number of nitrogens with zero attached hydrogens (tertiary/aromatic N) is 1. The van der Waals surface area contributed by atoms with Crippen molar-refractivity contribution in [2.45, 2.75) is 18.9 Å². The Kier molecular flexibility index (Phi) is 6.31. The molecule has 2 amide bonds. The van der Waals surface area contributed by atoms with Crippen LogP contribution in [0.15, 0.2) is 48.5 Å². The van der Waals surface area contributed by atoms with E-state index < -0.39 is 0 Å². The minimum absolute atomic E-state index is 0.0291. The van der Waals surface area contributed by atoms with Gasteiger partial charge in [0, 0.05) is 29.3 Å². The van der Waals surface area contributed by atoms with E-state index in [2.05, 4.69) is 10.6 Å². The van der Waals surface area contributed by atoms with E-state index in [-0.39, 0.29) is 23.8 Å². The van der Waals surface area contributed by atoms with Crippen LogP contribution in [0.4, 0.5) is 5.69 Å². The predicted octanol–water partition coefficient (Wildman–Crippen LogP) is 3.08. The molecule has 2 N–H and O–H groups in total. The minimum atomic E-state index is -0.177. The van der Waals surface area contributed by atoms with Crippen LogP contribution in [0.5, 0.6) is 5.75 Å². The lowest BCUT2D eigenvalue weighted by molar-refractivity contribution is -0.117. The van der Waals surface area contributed by atoms with Gasteiger partial charge in [0.25, 0.3) is 5.91 Å². The molecule has 2 aromatic carbocycles. The molecular formula is C22H27N3O3. The molecule has 0 spiro atoms. The lowest BCUT2D eigenvalue weighted by Crippen LogP contribution is -2.34. The molecule has 1 fully saturated rings. The summed E-state index contributed by atoms with van der Waals surface area (Å²) in [6, 6.07) is 14.8. The monoisotopic (exact) mass is 381 g/mol. The highest BCUT2D eigenvalue weighted by Gasteiger charge is 2.29. The van der Waals surface area contributed by atoms with Gasteiger partial charge in [-0.1, -0.05) is 24.3 Å². The van der Waals surface area contributed by atoms with Crippen molar-refractivity contribution in [3.8, 4) is 5.75 Å². The largest absolute Gasteiger partial charge is 0.496 e. The Morgan fingerprint density at radius 3 is 2.57 bits per heavy atom. The molecule has 1 saturated carbocycles. The van der Waals surface area contributed by atoms with E-state index in [1.54, 1.807) is 31.4 Å². The number of rotatable bonds is 8. The quantitative estimate of drug-likeness (QED) is 0.737. The SMILES string of the molecule is COc1ccccc1C(CNC(=O)c1cccc(NC(=O)C2CC2)c1)N(C)C. The fraction of sp³-hybridized carbons (Fsp3) is 0.364. The summed E-state index contributed by atoms with van der Waals surface area (Å²) in [5.74, 6) is 0.769. The van der Waals surface area contributed by atoms with Crippen LogP contribution in [0.2, 0.25) is 0 Å². The number of carbonyl (C=O) groups is 2. The first-order valence-electron chi connectivity index (χ1n) is 9.48. The van der Waals surface area contributed by atoms with E-state index in [0.29, 0.717) is 17.8 Å². The molecule has 0 bridgehead atoms. The molecule has 0 aliphatic heterocycles. The second-order valence-corrected chi connectivity index (χ2v) is 7.28. The zero-order chi connectivity index (χ0) is 20.1. The van der Waals surface area contributed by atoms with Crippen molar-refractivity contribution in [2.75, 3.05) is 33.1 Å². The first-order chi connectivity index (χ1) is 13.5. The van der Waals surface area contributed by atoms with Crippen LogP contribution in [0.1, 0.15) is 34.8 Å². The molecule has 2 aromatic rings. The molecule has 1 aliphatic rings. The van der Waals surface area contributed by atoms with Crippen LogP contribution in [-0.4, -0.2) is 44.5 Å². The lowest BCUT2D eigenvalue weighted by Gasteiger charge is -2.26. The number of methoxy groups -OCH3 is 1. The average Bonchev–Trinajstić information content (AvgIpc) is 3.53. The maximum Gasteiger partial charge on any atom is 0.251 e. The molecule has 3 rings (SSSR count). The third kappa shape index (κ3) is 4.89. The van der Waals surface area contributed by atoms with Gasteiger partial charge in [-0.15, -0.1) is 0 Å². The molecule has 6 heteroatoms. The lowest BCUT2D eigenvalue weighted by atomic mass is 10.0. The molecule has 1 atom stereocenters. The molecule has 148 valence electrons. The van der Waals surface area contributed by atoms with Crippen molar-refractivity contribution < 1.29 is 14.3 Å². The summed E-state index contributed by atoms with van der Waals surface area (Å²) in [6.07, 6.45) is 1.89. The van der Waals surface area contributed by atoms with Crippen molar-refractivity contribution in [3.63, 3.8) is 0 Å². The first-order valence-corrected chi connectivity index (χ1v) is 9.48. The highest BCUT2D eigenvalue weighted by atomic mass is 16.5. The first kappa shape index (κ1) is 19.9. The van der Waals surface area contributed by atoms with Crippen molar-refractivity contribution in [1.82, 2.24) is 10.2 Å². The van der Waals surface area contributed by atoms with Crippen molar-refractivity contribution >= 4 is 17.5 Å². The number of amides is 2. The Bertz CT molecular complexity index is 846. The Balaban J connectivity index is 1.67. The summed E-state index contributed by atoms with van der Waals surface area (Å²) in [6.45, 7) is 0.435. The smallest absolute Gasteiger partial charge is 0.251 e. The number of hydrogen-bond acceptors (Lipinski definition) is 4. The summed E-state index contributed by atoms with van der Waals surface area (Å²) in [5, 5.41) is 5.88. The molecular weight excluding hydrogens is 354 g/mol. The van der Waals surface area contributed by atoms with E-state index in [4.69, 9.17) is 4.74 Å². The zero-order valence-electron chi connectivity index (χ0n) is 16.6. The number of para-hydroxylation sites is 1. The number of anilines is 1.